The zero-order valence-corrected chi connectivity index (χ0v) is 15.8. The van der Waals surface area contributed by atoms with Crippen LogP contribution in [0.4, 0.5) is 15.8 Å². The number of aryl methyl sites for hydroxylation is 1. The first-order valence-corrected chi connectivity index (χ1v) is 9.51. The minimum atomic E-state index is -0.238. The number of piperidine rings is 1. The van der Waals surface area contributed by atoms with E-state index in [-0.39, 0.29) is 5.82 Å². The van der Waals surface area contributed by atoms with Crippen LogP contribution < -0.4 is 11.1 Å². The van der Waals surface area contributed by atoms with Gasteiger partial charge in [-0.2, -0.15) is 0 Å². The number of likely N-dealkylation sites (tertiary alicyclic amines) is 1. The fraction of sp³-hybridized carbons (Fsp3) is 0.700. The zero-order chi connectivity index (χ0) is 18.0. The third-order valence-corrected chi connectivity index (χ3v) is 6.29. The standard InChI is InChI=1S/C20H32FN3O/c1-14-12-19(18(22)13-17(14)21)23-15-6-10-24(11-7-15)20(2)8-4-16(25-3)5-9-20/h12-13,15-16,23H,4-11,22H2,1-3H3/t16-,20-. The highest BCUT2D eigenvalue weighted by Gasteiger charge is 2.37. The van der Waals surface area contributed by atoms with E-state index in [1.54, 1.807) is 6.92 Å². The Kier molecular flexibility index (Phi) is 5.54. The molecule has 3 rings (SSSR count). The Morgan fingerprint density at radius 2 is 1.84 bits per heavy atom. The summed E-state index contributed by atoms with van der Waals surface area (Å²) in [5.41, 5.74) is 8.28. The number of hydrogen-bond acceptors (Lipinski definition) is 4. The van der Waals surface area contributed by atoms with E-state index in [0.29, 0.717) is 28.9 Å². The second kappa shape index (κ2) is 7.50. The maximum absolute atomic E-state index is 13.6. The molecule has 25 heavy (non-hydrogen) atoms. The van der Waals surface area contributed by atoms with E-state index >= 15 is 0 Å². The highest BCUT2D eigenvalue weighted by atomic mass is 19.1. The van der Waals surface area contributed by atoms with Crippen LogP contribution in [0.5, 0.6) is 0 Å². The minimum absolute atomic E-state index is 0.238. The first-order valence-electron chi connectivity index (χ1n) is 9.51. The van der Waals surface area contributed by atoms with Gasteiger partial charge in [-0.3, -0.25) is 4.90 Å². The number of methoxy groups -OCH3 is 1. The SMILES string of the molecule is CO[C@H]1CC[C@](C)(N2CCC(Nc3cc(C)c(F)cc3N)CC2)CC1. The lowest BCUT2D eigenvalue weighted by molar-refractivity contribution is -0.0105. The van der Waals surface area contributed by atoms with Gasteiger partial charge >= 0.3 is 0 Å². The van der Waals surface area contributed by atoms with Crippen molar-refractivity contribution >= 4 is 11.4 Å². The van der Waals surface area contributed by atoms with E-state index in [0.717, 1.165) is 44.5 Å². The zero-order valence-electron chi connectivity index (χ0n) is 15.8. The molecule has 2 aliphatic rings. The molecule has 0 amide bonds. The molecule has 1 saturated heterocycles. The predicted octanol–water partition coefficient (Wildman–Crippen LogP) is 3.94. The summed E-state index contributed by atoms with van der Waals surface area (Å²) in [5.74, 6) is -0.238. The van der Waals surface area contributed by atoms with Crippen LogP contribution in [0.2, 0.25) is 0 Å². The van der Waals surface area contributed by atoms with Gasteiger partial charge in [-0.1, -0.05) is 0 Å². The van der Waals surface area contributed by atoms with Gasteiger partial charge in [-0.15, -0.1) is 0 Å². The first kappa shape index (κ1) is 18.5. The summed E-state index contributed by atoms with van der Waals surface area (Å²) in [6.45, 7) is 6.39. The molecule has 1 saturated carbocycles. The summed E-state index contributed by atoms with van der Waals surface area (Å²) in [5, 5.41) is 3.53. The van der Waals surface area contributed by atoms with Crippen LogP contribution in [0, 0.1) is 12.7 Å². The van der Waals surface area contributed by atoms with Crippen molar-refractivity contribution in [1.82, 2.24) is 4.90 Å². The highest BCUT2D eigenvalue weighted by molar-refractivity contribution is 5.67. The maximum Gasteiger partial charge on any atom is 0.128 e. The molecule has 1 aliphatic carbocycles. The van der Waals surface area contributed by atoms with Gasteiger partial charge in [0.2, 0.25) is 0 Å². The van der Waals surface area contributed by atoms with Crippen molar-refractivity contribution in [1.29, 1.82) is 0 Å². The van der Waals surface area contributed by atoms with E-state index < -0.39 is 0 Å². The normalized spacial score (nSPS) is 28.9. The van der Waals surface area contributed by atoms with E-state index in [9.17, 15) is 4.39 Å². The second-order valence-electron chi connectivity index (χ2n) is 8.03. The van der Waals surface area contributed by atoms with Crippen molar-refractivity contribution in [3.8, 4) is 0 Å². The van der Waals surface area contributed by atoms with Crippen molar-refractivity contribution in [3.63, 3.8) is 0 Å². The first-order chi connectivity index (χ1) is 11.9. The molecule has 0 aromatic heterocycles. The largest absolute Gasteiger partial charge is 0.397 e. The van der Waals surface area contributed by atoms with Gasteiger partial charge in [-0.05, 0) is 70.1 Å². The molecule has 2 fully saturated rings. The van der Waals surface area contributed by atoms with Crippen molar-refractivity contribution in [2.75, 3.05) is 31.2 Å². The summed E-state index contributed by atoms with van der Waals surface area (Å²) in [6, 6.07) is 3.65. The summed E-state index contributed by atoms with van der Waals surface area (Å²) in [6.07, 6.45) is 7.39. The molecule has 1 aliphatic heterocycles. The molecular formula is C20H32FN3O. The van der Waals surface area contributed by atoms with Crippen LogP contribution in [0.15, 0.2) is 12.1 Å². The van der Waals surface area contributed by atoms with Gasteiger partial charge in [0.15, 0.2) is 0 Å². The molecule has 0 bridgehead atoms. The third kappa shape index (κ3) is 4.09. The molecule has 140 valence electrons. The molecule has 0 atom stereocenters. The Bertz CT molecular complexity index is 591. The third-order valence-electron chi connectivity index (χ3n) is 6.29. The summed E-state index contributed by atoms with van der Waals surface area (Å²) < 4.78 is 19.1. The maximum atomic E-state index is 13.6. The van der Waals surface area contributed by atoms with Crippen LogP contribution in [-0.2, 0) is 4.74 Å². The van der Waals surface area contributed by atoms with Gasteiger partial charge in [0.25, 0.3) is 0 Å². The smallest absolute Gasteiger partial charge is 0.128 e. The highest BCUT2D eigenvalue weighted by Crippen LogP contribution is 2.36. The lowest BCUT2D eigenvalue weighted by Gasteiger charge is -2.48. The number of benzene rings is 1. The monoisotopic (exact) mass is 349 g/mol. The number of nitrogens with zero attached hydrogens (tertiary/aromatic N) is 1. The number of anilines is 2. The number of hydrogen-bond donors (Lipinski definition) is 2. The fourth-order valence-electron chi connectivity index (χ4n) is 4.37. The molecule has 3 N–H and O–H groups in total. The van der Waals surface area contributed by atoms with E-state index in [2.05, 4.69) is 17.1 Å². The number of rotatable bonds is 4. The minimum Gasteiger partial charge on any atom is -0.397 e. The summed E-state index contributed by atoms with van der Waals surface area (Å²) in [7, 11) is 1.83. The Morgan fingerprint density at radius 3 is 2.44 bits per heavy atom. The summed E-state index contributed by atoms with van der Waals surface area (Å²) in [4.78, 5) is 2.66. The van der Waals surface area contributed by atoms with Crippen LogP contribution in [0.1, 0.15) is 51.0 Å². The van der Waals surface area contributed by atoms with E-state index in [1.165, 1.54) is 18.9 Å². The topological polar surface area (TPSA) is 50.5 Å². The van der Waals surface area contributed by atoms with E-state index in [4.69, 9.17) is 10.5 Å². The van der Waals surface area contributed by atoms with Gasteiger partial charge in [0.05, 0.1) is 17.5 Å². The molecule has 0 unspecified atom stereocenters. The van der Waals surface area contributed by atoms with Crippen molar-refractivity contribution in [2.45, 2.75) is 70.1 Å². The molecule has 5 heteroatoms. The Hall–Kier alpha value is -1.33. The number of ether oxygens (including phenoxy) is 1. The molecule has 0 radical (unpaired) electrons. The van der Waals surface area contributed by atoms with E-state index in [1.807, 2.05) is 13.2 Å². The van der Waals surface area contributed by atoms with Crippen LogP contribution in [0.25, 0.3) is 0 Å². The average molecular weight is 349 g/mol. The summed E-state index contributed by atoms with van der Waals surface area (Å²) >= 11 is 0. The van der Waals surface area contributed by atoms with Crippen LogP contribution in [-0.4, -0.2) is 42.8 Å². The number of nitrogens with two attached hydrogens (primary N) is 1. The number of nitrogen functional groups attached to an aromatic ring is 1. The fourth-order valence-corrected chi connectivity index (χ4v) is 4.37. The predicted molar refractivity (Wildman–Crippen MR) is 101 cm³/mol. The Balaban J connectivity index is 1.55. The molecule has 4 nitrogen and oxygen atoms in total. The van der Waals surface area contributed by atoms with Gasteiger partial charge in [0.1, 0.15) is 5.82 Å². The Labute approximate surface area is 150 Å². The number of halogens is 1. The van der Waals surface area contributed by atoms with Gasteiger partial charge in [-0.25, -0.2) is 4.39 Å². The van der Waals surface area contributed by atoms with Crippen LogP contribution in [0.3, 0.4) is 0 Å². The second-order valence-corrected chi connectivity index (χ2v) is 8.03. The molecule has 1 heterocycles. The molecule has 1 aromatic rings. The quantitative estimate of drug-likeness (QED) is 0.809. The van der Waals surface area contributed by atoms with Gasteiger partial charge in [0, 0.05) is 31.8 Å². The number of nitrogens with one attached hydrogen (secondary N) is 1. The lowest BCUT2D eigenvalue weighted by Crippen LogP contribution is -2.53. The van der Waals surface area contributed by atoms with Crippen molar-refractivity contribution in [2.24, 2.45) is 0 Å². The molecule has 1 aromatic carbocycles. The van der Waals surface area contributed by atoms with Gasteiger partial charge < -0.3 is 15.8 Å². The Morgan fingerprint density at radius 1 is 1.20 bits per heavy atom. The average Bonchev–Trinajstić information content (AvgIpc) is 2.61. The van der Waals surface area contributed by atoms with Crippen molar-refractivity contribution in [3.05, 3.63) is 23.5 Å². The lowest BCUT2D eigenvalue weighted by atomic mass is 9.79. The molecule has 0 spiro atoms. The van der Waals surface area contributed by atoms with Crippen LogP contribution >= 0.6 is 0 Å². The van der Waals surface area contributed by atoms with Crippen molar-refractivity contribution < 1.29 is 9.13 Å². The molecular weight excluding hydrogens is 317 g/mol.